The van der Waals surface area contributed by atoms with Crippen LogP contribution in [0.2, 0.25) is 0 Å². The van der Waals surface area contributed by atoms with Gasteiger partial charge in [-0.05, 0) is 56.8 Å². The second-order valence-electron chi connectivity index (χ2n) is 8.22. The monoisotopic (exact) mass is 396 g/mol. The number of halogens is 3. The zero-order chi connectivity index (χ0) is 21.3. The molecule has 0 saturated heterocycles. The normalized spacial score (nSPS) is 14.4. The van der Waals surface area contributed by atoms with Crippen molar-refractivity contribution in [3.05, 3.63) is 42.0 Å². The van der Waals surface area contributed by atoms with E-state index in [2.05, 4.69) is 10.1 Å². The van der Waals surface area contributed by atoms with Gasteiger partial charge in [-0.25, -0.2) is 0 Å². The summed E-state index contributed by atoms with van der Waals surface area (Å²) in [5.74, 6) is -0.00929. The van der Waals surface area contributed by atoms with Crippen molar-refractivity contribution in [1.82, 2.24) is 14.8 Å². The molecule has 0 aliphatic rings. The molecule has 1 unspecified atom stereocenters. The van der Waals surface area contributed by atoms with Crippen LogP contribution in [-0.4, -0.2) is 38.6 Å². The molecule has 1 radical (unpaired) electrons. The van der Waals surface area contributed by atoms with Crippen molar-refractivity contribution in [2.45, 2.75) is 65.0 Å². The van der Waals surface area contributed by atoms with Crippen LogP contribution >= 0.6 is 0 Å². The quantitative estimate of drug-likeness (QED) is 0.730. The number of hydrogen-bond acceptors (Lipinski definition) is 4. The van der Waals surface area contributed by atoms with Crippen molar-refractivity contribution in [2.75, 3.05) is 0 Å². The number of pyridine rings is 1. The highest BCUT2D eigenvalue weighted by Gasteiger charge is 2.36. The van der Waals surface area contributed by atoms with Gasteiger partial charge in [0.05, 0.1) is 17.2 Å². The van der Waals surface area contributed by atoms with E-state index in [-0.39, 0.29) is 5.92 Å². The SMILES string of the molecule is CC(C)C(c1ccnc(C(F)(F)F)c1)n1cc([B]OC(C)(C)C(C)(C)O)cn1. The van der Waals surface area contributed by atoms with Crippen molar-refractivity contribution in [2.24, 2.45) is 5.92 Å². The lowest BCUT2D eigenvalue weighted by atomic mass is 9.84. The van der Waals surface area contributed by atoms with Gasteiger partial charge in [0.15, 0.2) is 0 Å². The molecule has 5 nitrogen and oxygen atoms in total. The molecule has 153 valence electrons. The molecule has 0 aromatic carbocycles. The number of aliphatic hydroxyl groups is 1. The first-order chi connectivity index (χ1) is 12.7. The molecule has 0 saturated carbocycles. The van der Waals surface area contributed by atoms with E-state index >= 15 is 0 Å². The van der Waals surface area contributed by atoms with Gasteiger partial charge in [0.1, 0.15) is 5.69 Å². The average molecular weight is 396 g/mol. The Morgan fingerprint density at radius 2 is 1.82 bits per heavy atom. The van der Waals surface area contributed by atoms with Crippen LogP contribution in [0.3, 0.4) is 0 Å². The summed E-state index contributed by atoms with van der Waals surface area (Å²) in [4.78, 5) is 3.43. The third-order valence-corrected chi connectivity index (χ3v) is 4.92. The third-order valence-electron chi connectivity index (χ3n) is 4.92. The van der Waals surface area contributed by atoms with E-state index in [1.165, 1.54) is 13.7 Å². The molecular formula is C19H26BF3N3O2. The lowest BCUT2D eigenvalue weighted by Gasteiger charge is -2.37. The van der Waals surface area contributed by atoms with Gasteiger partial charge in [0.25, 0.3) is 0 Å². The molecule has 2 aromatic rings. The zero-order valence-corrected chi connectivity index (χ0v) is 16.9. The Balaban J connectivity index is 2.25. The molecule has 1 atom stereocenters. The summed E-state index contributed by atoms with van der Waals surface area (Å²) in [5.41, 5.74) is -1.70. The molecule has 28 heavy (non-hydrogen) atoms. The van der Waals surface area contributed by atoms with Crippen LogP contribution in [0.5, 0.6) is 0 Å². The number of hydrogen-bond donors (Lipinski definition) is 1. The highest BCUT2D eigenvalue weighted by molar-refractivity contribution is 6.46. The molecule has 2 rings (SSSR count). The van der Waals surface area contributed by atoms with Crippen molar-refractivity contribution in [3.8, 4) is 0 Å². The molecule has 9 heteroatoms. The minimum Gasteiger partial charge on any atom is -0.427 e. The number of nitrogens with zero attached hydrogens (tertiary/aromatic N) is 3. The average Bonchev–Trinajstić information content (AvgIpc) is 3.00. The lowest BCUT2D eigenvalue weighted by molar-refractivity contribution is -0.141. The second-order valence-corrected chi connectivity index (χ2v) is 8.22. The maximum absolute atomic E-state index is 13.0. The van der Waals surface area contributed by atoms with Crippen LogP contribution < -0.4 is 5.46 Å². The van der Waals surface area contributed by atoms with Gasteiger partial charge >= 0.3 is 13.7 Å². The van der Waals surface area contributed by atoms with Gasteiger partial charge in [-0.15, -0.1) is 0 Å². The van der Waals surface area contributed by atoms with Crippen LogP contribution in [0.25, 0.3) is 0 Å². The topological polar surface area (TPSA) is 60.2 Å². The summed E-state index contributed by atoms with van der Waals surface area (Å²) in [6, 6.07) is 2.23. The largest absolute Gasteiger partial charge is 0.433 e. The van der Waals surface area contributed by atoms with E-state index in [1.54, 1.807) is 50.8 Å². The molecular weight excluding hydrogens is 370 g/mol. The fraction of sp³-hybridized carbons (Fsp3) is 0.579. The maximum atomic E-state index is 13.0. The standard InChI is InChI=1S/C19H26BF3N3O2/c1-12(2)16(13-7-8-24-15(9-13)19(21,22)23)26-11-14(10-25-26)20-28-18(5,6)17(3,4)27/h7-12,16,27H,1-6H3. The summed E-state index contributed by atoms with van der Waals surface area (Å²) in [6.45, 7) is 10.7. The number of aromatic nitrogens is 3. The fourth-order valence-corrected chi connectivity index (χ4v) is 2.55. The fourth-order valence-electron chi connectivity index (χ4n) is 2.55. The summed E-state index contributed by atoms with van der Waals surface area (Å²) in [6.07, 6.45) is -0.0589. The van der Waals surface area contributed by atoms with E-state index in [4.69, 9.17) is 4.65 Å². The highest BCUT2D eigenvalue weighted by Crippen LogP contribution is 2.32. The first kappa shape index (κ1) is 22.4. The van der Waals surface area contributed by atoms with Gasteiger partial charge in [0, 0.05) is 18.6 Å². The van der Waals surface area contributed by atoms with Crippen LogP contribution in [0.4, 0.5) is 13.2 Å². The summed E-state index contributed by atoms with van der Waals surface area (Å²) in [7, 11) is 1.49. The second kappa shape index (κ2) is 7.87. The molecule has 0 amide bonds. The molecule has 0 aliphatic heterocycles. The van der Waals surface area contributed by atoms with E-state index in [0.717, 1.165) is 6.07 Å². The summed E-state index contributed by atoms with van der Waals surface area (Å²) < 4.78 is 46.4. The highest BCUT2D eigenvalue weighted by atomic mass is 19.4. The number of alkyl halides is 3. The van der Waals surface area contributed by atoms with Gasteiger partial charge in [0.2, 0.25) is 0 Å². The molecule has 0 fully saturated rings. The van der Waals surface area contributed by atoms with E-state index in [1.807, 2.05) is 13.8 Å². The van der Waals surface area contributed by atoms with E-state index in [9.17, 15) is 18.3 Å². The molecule has 0 aliphatic carbocycles. The van der Waals surface area contributed by atoms with Crippen molar-refractivity contribution >= 4 is 12.9 Å². The Kier molecular flexibility index (Phi) is 6.30. The molecule has 1 N–H and O–H groups in total. The van der Waals surface area contributed by atoms with Gasteiger partial charge in [-0.2, -0.15) is 18.3 Å². The molecule has 0 spiro atoms. The Hall–Kier alpha value is -1.87. The molecule has 0 bridgehead atoms. The maximum Gasteiger partial charge on any atom is 0.433 e. The predicted octanol–water partition coefficient (Wildman–Crippen LogP) is 3.35. The van der Waals surface area contributed by atoms with Gasteiger partial charge in [-0.1, -0.05) is 13.8 Å². The van der Waals surface area contributed by atoms with E-state index in [0.29, 0.717) is 11.0 Å². The molecule has 2 heterocycles. The smallest absolute Gasteiger partial charge is 0.427 e. The Labute approximate surface area is 164 Å². The van der Waals surface area contributed by atoms with Crippen molar-refractivity contribution in [1.29, 1.82) is 0 Å². The third kappa shape index (κ3) is 5.14. The van der Waals surface area contributed by atoms with Crippen LogP contribution in [-0.2, 0) is 10.8 Å². The zero-order valence-electron chi connectivity index (χ0n) is 16.9. The van der Waals surface area contributed by atoms with Crippen molar-refractivity contribution < 1.29 is 22.9 Å². The molecule has 2 aromatic heterocycles. The van der Waals surface area contributed by atoms with Crippen molar-refractivity contribution in [3.63, 3.8) is 0 Å². The van der Waals surface area contributed by atoms with Gasteiger partial charge in [-0.3, -0.25) is 9.67 Å². The summed E-state index contributed by atoms with van der Waals surface area (Å²) >= 11 is 0. The summed E-state index contributed by atoms with van der Waals surface area (Å²) in [5, 5.41) is 14.5. The van der Waals surface area contributed by atoms with Gasteiger partial charge < -0.3 is 9.76 Å². The van der Waals surface area contributed by atoms with E-state index < -0.39 is 29.1 Å². The number of rotatable bonds is 7. The lowest BCUT2D eigenvalue weighted by Crippen LogP contribution is -2.49. The minimum absolute atomic E-state index is 0.00929. The first-order valence-corrected chi connectivity index (χ1v) is 9.03. The first-order valence-electron chi connectivity index (χ1n) is 9.03. The van der Waals surface area contributed by atoms with Crippen LogP contribution in [0.15, 0.2) is 30.7 Å². The Morgan fingerprint density at radius 3 is 2.36 bits per heavy atom. The van der Waals surface area contributed by atoms with Crippen LogP contribution in [0.1, 0.15) is 58.8 Å². The van der Waals surface area contributed by atoms with Crippen LogP contribution in [0, 0.1) is 5.92 Å². The Morgan fingerprint density at radius 1 is 1.18 bits per heavy atom. The Bertz CT molecular complexity index is 798. The predicted molar refractivity (Wildman–Crippen MR) is 101 cm³/mol. The minimum atomic E-state index is -4.50.